The third-order valence-electron chi connectivity index (χ3n) is 2.23. The van der Waals surface area contributed by atoms with Crippen LogP contribution < -0.4 is 0 Å². The predicted octanol–water partition coefficient (Wildman–Crippen LogP) is 3.78. The second-order valence-electron chi connectivity index (χ2n) is 2.93. The topological polar surface area (TPSA) is 0 Å². The van der Waals surface area contributed by atoms with E-state index in [-0.39, 0.29) is 0 Å². The van der Waals surface area contributed by atoms with E-state index in [1.807, 2.05) is 0 Å². The predicted molar refractivity (Wildman–Crippen MR) is 48.1 cm³/mol. The highest BCUT2D eigenvalue weighted by molar-refractivity contribution is 5.00. The van der Waals surface area contributed by atoms with Crippen LogP contribution in [0, 0.1) is 5.92 Å². The molecule has 0 nitrogen and oxygen atoms in total. The zero-order valence-corrected chi connectivity index (χ0v) is 7.78. The molecule has 0 heterocycles. The lowest BCUT2D eigenvalue weighted by Gasteiger charge is -2.13. The van der Waals surface area contributed by atoms with E-state index < -0.39 is 0 Å². The van der Waals surface area contributed by atoms with E-state index in [0.29, 0.717) is 0 Å². The second-order valence-corrected chi connectivity index (χ2v) is 2.93. The van der Waals surface area contributed by atoms with Crippen LogP contribution in [-0.4, -0.2) is 0 Å². The number of hydrogen-bond donors (Lipinski definition) is 0. The van der Waals surface area contributed by atoms with Crippen molar-refractivity contribution in [1.29, 1.82) is 0 Å². The van der Waals surface area contributed by atoms with Crippen molar-refractivity contribution in [3.05, 3.63) is 11.6 Å². The molecule has 10 heavy (non-hydrogen) atoms. The molecule has 0 N–H and O–H groups in total. The Labute approximate surface area is 65.3 Å². The zero-order valence-electron chi connectivity index (χ0n) is 7.78. The molecule has 1 atom stereocenters. The first-order valence-electron chi connectivity index (χ1n) is 4.39. The number of hydrogen-bond acceptors (Lipinski definition) is 0. The lowest BCUT2D eigenvalue weighted by molar-refractivity contribution is 0.533. The third kappa shape index (κ3) is 3.05. The summed E-state index contributed by atoms with van der Waals surface area (Å²) in [5, 5.41) is 0. The van der Waals surface area contributed by atoms with Gasteiger partial charge < -0.3 is 0 Å². The van der Waals surface area contributed by atoms with Gasteiger partial charge in [0.1, 0.15) is 0 Å². The van der Waals surface area contributed by atoms with Crippen molar-refractivity contribution in [2.24, 2.45) is 5.92 Å². The smallest absolute Gasteiger partial charge is 0.0209 e. The van der Waals surface area contributed by atoms with E-state index in [2.05, 4.69) is 33.8 Å². The Morgan fingerprint density at radius 2 is 2.00 bits per heavy atom. The molecule has 0 saturated heterocycles. The highest BCUT2D eigenvalue weighted by atomic mass is 14.1. The number of allylic oxidation sites excluding steroid dienone is 2. The van der Waals surface area contributed by atoms with Gasteiger partial charge in [-0.15, -0.1) is 0 Å². The molecule has 0 aliphatic heterocycles. The van der Waals surface area contributed by atoms with Crippen LogP contribution in [0.4, 0.5) is 0 Å². The maximum Gasteiger partial charge on any atom is -0.0209 e. The Balaban J connectivity index is 3.80. The molecule has 0 aliphatic rings. The zero-order chi connectivity index (χ0) is 7.98. The minimum absolute atomic E-state index is 0.843. The van der Waals surface area contributed by atoms with Crippen molar-refractivity contribution in [1.82, 2.24) is 0 Å². The molecule has 0 aliphatic carbocycles. The molecule has 0 rings (SSSR count). The first-order chi connectivity index (χ1) is 4.76. The van der Waals surface area contributed by atoms with Gasteiger partial charge in [-0.3, -0.25) is 0 Å². The minimum Gasteiger partial charge on any atom is -0.0885 e. The average molecular weight is 140 g/mol. The Bertz CT molecular complexity index is 101. The Kier molecular flexibility index (Phi) is 5.38. The van der Waals surface area contributed by atoms with E-state index in [9.17, 15) is 0 Å². The average Bonchev–Trinajstić information content (AvgIpc) is 1.99. The fraction of sp³-hybridized carbons (Fsp3) is 0.800. The highest BCUT2D eigenvalue weighted by Crippen LogP contribution is 2.19. The molecular formula is C10H20. The van der Waals surface area contributed by atoms with Gasteiger partial charge in [-0.05, 0) is 32.6 Å². The molecule has 0 radical (unpaired) electrons. The van der Waals surface area contributed by atoms with Gasteiger partial charge in [0.25, 0.3) is 0 Å². The molecule has 0 aromatic carbocycles. The van der Waals surface area contributed by atoms with Crippen LogP contribution in [0.2, 0.25) is 0 Å². The standard InChI is InChI=1S/C10H20/c1-5-8-10(7-3)9(4)6-2/h6,10H,5,7-8H2,1-4H3/b9-6+/t10-/m1/s1. The van der Waals surface area contributed by atoms with Gasteiger partial charge in [0, 0.05) is 0 Å². The van der Waals surface area contributed by atoms with E-state index in [4.69, 9.17) is 0 Å². The van der Waals surface area contributed by atoms with Gasteiger partial charge >= 0.3 is 0 Å². The van der Waals surface area contributed by atoms with E-state index in [1.54, 1.807) is 5.57 Å². The monoisotopic (exact) mass is 140 g/mol. The molecule has 60 valence electrons. The van der Waals surface area contributed by atoms with Crippen molar-refractivity contribution in [2.75, 3.05) is 0 Å². The van der Waals surface area contributed by atoms with Gasteiger partial charge in [-0.1, -0.05) is 31.9 Å². The lowest BCUT2D eigenvalue weighted by atomic mass is 9.93. The van der Waals surface area contributed by atoms with E-state index >= 15 is 0 Å². The van der Waals surface area contributed by atoms with Gasteiger partial charge in [0.05, 0.1) is 0 Å². The van der Waals surface area contributed by atoms with E-state index in [1.165, 1.54) is 19.3 Å². The van der Waals surface area contributed by atoms with Crippen LogP contribution in [0.1, 0.15) is 47.0 Å². The normalized spacial score (nSPS) is 15.4. The molecule has 0 aromatic heterocycles. The summed E-state index contributed by atoms with van der Waals surface area (Å²) < 4.78 is 0. The Morgan fingerprint density at radius 3 is 2.30 bits per heavy atom. The third-order valence-corrected chi connectivity index (χ3v) is 2.23. The molecule has 0 aromatic rings. The fourth-order valence-corrected chi connectivity index (χ4v) is 1.34. The Hall–Kier alpha value is -0.260. The van der Waals surface area contributed by atoms with Gasteiger partial charge in [0.15, 0.2) is 0 Å². The van der Waals surface area contributed by atoms with Crippen molar-refractivity contribution in [2.45, 2.75) is 47.0 Å². The summed E-state index contributed by atoms with van der Waals surface area (Å²) >= 11 is 0. The SMILES string of the molecule is C/C=C(\C)[C@H](CC)CCC. The fourth-order valence-electron chi connectivity index (χ4n) is 1.34. The molecule has 0 saturated carbocycles. The molecular weight excluding hydrogens is 120 g/mol. The molecule has 0 spiro atoms. The molecule has 0 unspecified atom stereocenters. The summed E-state index contributed by atoms with van der Waals surface area (Å²) in [5.41, 5.74) is 1.56. The molecule has 0 fully saturated rings. The first-order valence-corrected chi connectivity index (χ1v) is 4.39. The Morgan fingerprint density at radius 1 is 1.40 bits per heavy atom. The summed E-state index contributed by atoms with van der Waals surface area (Å²) in [4.78, 5) is 0. The van der Waals surface area contributed by atoms with Crippen LogP contribution in [0.5, 0.6) is 0 Å². The number of rotatable bonds is 4. The molecule has 0 bridgehead atoms. The quantitative estimate of drug-likeness (QED) is 0.521. The summed E-state index contributed by atoms with van der Waals surface area (Å²) in [6, 6.07) is 0. The van der Waals surface area contributed by atoms with Gasteiger partial charge in [-0.25, -0.2) is 0 Å². The first kappa shape index (κ1) is 9.74. The van der Waals surface area contributed by atoms with Crippen LogP contribution >= 0.6 is 0 Å². The van der Waals surface area contributed by atoms with E-state index in [0.717, 1.165) is 5.92 Å². The van der Waals surface area contributed by atoms with Crippen LogP contribution in [0.25, 0.3) is 0 Å². The highest BCUT2D eigenvalue weighted by Gasteiger charge is 2.04. The maximum absolute atomic E-state index is 2.27. The van der Waals surface area contributed by atoms with Crippen molar-refractivity contribution < 1.29 is 0 Å². The van der Waals surface area contributed by atoms with Crippen LogP contribution in [-0.2, 0) is 0 Å². The summed E-state index contributed by atoms with van der Waals surface area (Å²) in [5.74, 6) is 0.843. The molecule has 0 heteroatoms. The summed E-state index contributed by atoms with van der Waals surface area (Å²) in [6.07, 6.45) is 6.20. The van der Waals surface area contributed by atoms with Crippen molar-refractivity contribution in [3.8, 4) is 0 Å². The van der Waals surface area contributed by atoms with Gasteiger partial charge in [0.2, 0.25) is 0 Å². The summed E-state index contributed by atoms with van der Waals surface area (Å²) in [6.45, 7) is 8.90. The summed E-state index contributed by atoms with van der Waals surface area (Å²) in [7, 11) is 0. The molecule has 0 amide bonds. The van der Waals surface area contributed by atoms with Crippen molar-refractivity contribution in [3.63, 3.8) is 0 Å². The van der Waals surface area contributed by atoms with Crippen LogP contribution in [0.3, 0.4) is 0 Å². The van der Waals surface area contributed by atoms with Crippen molar-refractivity contribution >= 4 is 0 Å². The minimum atomic E-state index is 0.843. The van der Waals surface area contributed by atoms with Gasteiger partial charge in [-0.2, -0.15) is 0 Å². The largest absolute Gasteiger partial charge is 0.0885 e. The maximum atomic E-state index is 2.27. The van der Waals surface area contributed by atoms with Crippen LogP contribution in [0.15, 0.2) is 11.6 Å². The lowest BCUT2D eigenvalue weighted by Crippen LogP contribution is -1.98. The second kappa shape index (κ2) is 5.52.